The molecular formula is C48H35N. The van der Waals surface area contributed by atoms with Gasteiger partial charge in [-0.15, -0.1) is 0 Å². The first-order chi connectivity index (χ1) is 24.3. The van der Waals surface area contributed by atoms with Crippen molar-refractivity contribution in [3.63, 3.8) is 0 Å². The van der Waals surface area contributed by atoms with Gasteiger partial charge in [-0.1, -0.05) is 176 Å². The fraction of sp³-hybridized carbons (Fsp3) is 0. The van der Waals surface area contributed by atoms with Crippen LogP contribution in [0.25, 0.3) is 55.6 Å². The van der Waals surface area contributed by atoms with Gasteiger partial charge in [0, 0.05) is 17.1 Å². The molecule has 0 saturated heterocycles. The lowest BCUT2D eigenvalue weighted by molar-refractivity contribution is 1.28. The van der Waals surface area contributed by atoms with Crippen LogP contribution < -0.4 is 4.90 Å². The van der Waals surface area contributed by atoms with Gasteiger partial charge in [0.05, 0.1) is 0 Å². The molecule has 0 heterocycles. The summed E-state index contributed by atoms with van der Waals surface area (Å²) in [6.07, 6.45) is 0. The van der Waals surface area contributed by atoms with E-state index >= 15 is 0 Å². The maximum Gasteiger partial charge on any atom is 0.0462 e. The molecule has 0 aromatic heterocycles. The molecule has 0 radical (unpaired) electrons. The molecule has 0 saturated carbocycles. The number of hydrogen-bond donors (Lipinski definition) is 0. The summed E-state index contributed by atoms with van der Waals surface area (Å²) in [6.45, 7) is 0. The zero-order valence-electron chi connectivity index (χ0n) is 27.2. The minimum atomic E-state index is 1.10. The topological polar surface area (TPSA) is 3.24 Å². The van der Waals surface area contributed by atoms with E-state index in [2.05, 4.69) is 217 Å². The maximum absolute atomic E-state index is 2.34. The van der Waals surface area contributed by atoms with Gasteiger partial charge in [-0.05, 0) is 92.0 Å². The van der Waals surface area contributed by atoms with Crippen molar-refractivity contribution in [3.05, 3.63) is 212 Å². The zero-order chi connectivity index (χ0) is 32.8. The number of hydrogen-bond acceptors (Lipinski definition) is 1. The second-order valence-electron chi connectivity index (χ2n) is 12.2. The van der Waals surface area contributed by atoms with Crippen LogP contribution in [0.4, 0.5) is 17.1 Å². The molecule has 0 aliphatic carbocycles. The van der Waals surface area contributed by atoms with Gasteiger partial charge < -0.3 is 4.90 Å². The van der Waals surface area contributed by atoms with Crippen molar-refractivity contribution in [2.24, 2.45) is 0 Å². The van der Waals surface area contributed by atoms with Crippen molar-refractivity contribution in [2.75, 3.05) is 4.90 Å². The van der Waals surface area contributed by atoms with Gasteiger partial charge in [-0.2, -0.15) is 0 Å². The highest BCUT2D eigenvalue weighted by molar-refractivity contribution is 5.92. The van der Waals surface area contributed by atoms with E-state index in [1.165, 1.54) is 55.6 Å². The van der Waals surface area contributed by atoms with Crippen LogP contribution in [0.2, 0.25) is 0 Å². The first-order valence-electron chi connectivity index (χ1n) is 16.8. The summed E-state index contributed by atoms with van der Waals surface area (Å²) in [4.78, 5) is 2.34. The van der Waals surface area contributed by atoms with Crippen molar-refractivity contribution in [3.8, 4) is 55.6 Å². The van der Waals surface area contributed by atoms with Crippen molar-refractivity contribution in [1.29, 1.82) is 0 Å². The van der Waals surface area contributed by atoms with Gasteiger partial charge in [0.25, 0.3) is 0 Å². The van der Waals surface area contributed by atoms with Crippen LogP contribution in [-0.4, -0.2) is 0 Å². The average Bonchev–Trinajstić information content (AvgIpc) is 3.20. The van der Waals surface area contributed by atoms with Crippen LogP contribution in [0.15, 0.2) is 212 Å². The maximum atomic E-state index is 2.34. The summed E-state index contributed by atoms with van der Waals surface area (Å²) in [5.41, 5.74) is 15.4. The van der Waals surface area contributed by atoms with Crippen molar-refractivity contribution >= 4 is 17.1 Å². The fourth-order valence-corrected chi connectivity index (χ4v) is 6.66. The molecule has 0 N–H and O–H groups in total. The van der Waals surface area contributed by atoms with E-state index in [9.17, 15) is 0 Å². The minimum Gasteiger partial charge on any atom is -0.311 e. The summed E-state index contributed by atoms with van der Waals surface area (Å²) in [5, 5.41) is 0. The van der Waals surface area contributed by atoms with Crippen LogP contribution >= 0.6 is 0 Å². The van der Waals surface area contributed by atoms with Gasteiger partial charge in [0.2, 0.25) is 0 Å². The third-order valence-electron chi connectivity index (χ3n) is 9.13. The highest BCUT2D eigenvalue weighted by Crippen LogP contribution is 2.41. The Kier molecular flexibility index (Phi) is 8.39. The van der Waals surface area contributed by atoms with Gasteiger partial charge in [-0.25, -0.2) is 0 Å². The third kappa shape index (κ3) is 6.31. The Labute approximate surface area is 289 Å². The van der Waals surface area contributed by atoms with Crippen molar-refractivity contribution < 1.29 is 0 Å². The molecule has 0 atom stereocenters. The highest BCUT2D eigenvalue weighted by Gasteiger charge is 2.16. The summed E-state index contributed by atoms with van der Waals surface area (Å²) >= 11 is 0. The van der Waals surface area contributed by atoms with E-state index < -0.39 is 0 Å². The van der Waals surface area contributed by atoms with Gasteiger partial charge in [0.1, 0.15) is 0 Å². The first kappa shape index (κ1) is 29.9. The largest absolute Gasteiger partial charge is 0.311 e. The zero-order valence-corrected chi connectivity index (χ0v) is 27.2. The molecule has 1 nitrogen and oxygen atoms in total. The van der Waals surface area contributed by atoms with E-state index in [4.69, 9.17) is 0 Å². The van der Waals surface area contributed by atoms with Gasteiger partial charge >= 0.3 is 0 Å². The Morgan fingerprint density at radius 2 is 0.429 bits per heavy atom. The molecule has 0 aliphatic heterocycles. The Hall–Kier alpha value is -6.44. The Morgan fingerprint density at radius 3 is 0.796 bits per heavy atom. The molecule has 0 fully saturated rings. The summed E-state index contributed by atoms with van der Waals surface area (Å²) in [6, 6.07) is 75.9. The number of benzene rings is 8. The molecule has 0 aliphatic rings. The smallest absolute Gasteiger partial charge is 0.0462 e. The van der Waals surface area contributed by atoms with E-state index in [1.54, 1.807) is 0 Å². The van der Waals surface area contributed by atoms with Crippen LogP contribution in [0.5, 0.6) is 0 Å². The van der Waals surface area contributed by atoms with Crippen molar-refractivity contribution in [1.82, 2.24) is 0 Å². The quantitative estimate of drug-likeness (QED) is 0.162. The highest BCUT2D eigenvalue weighted by atomic mass is 15.1. The summed E-state index contributed by atoms with van der Waals surface area (Å²) in [5.74, 6) is 0. The standard InChI is InChI=1S/C48H35N/c1-4-14-36(15-5-1)38-24-30-42(31-25-38)49(43-32-26-39(27-33-43)37-16-6-2-7-17-37)44-34-28-41(29-35-44)46-21-11-13-23-48(46)47-22-12-10-20-45(47)40-18-8-3-9-19-40/h1-35H. The van der Waals surface area contributed by atoms with Crippen LogP contribution in [0.3, 0.4) is 0 Å². The molecule has 8 aromatic rings. The molecule has 8 aromatic carbocycles. The predicted molar refractivity (Wildman–Crippen MR) is 208 cm³/mol. The van der Waals surface area contributed by atoms with E-state index in [-0.39, 0.29) is 0 Å². The monoisotopic (exact) mass is 625 g/mol. The number of rotatable bonds is 8. The summed E-state index contributed by atoms with van der Waals surface area (Å²) < 4.78 is 0. The average molecular weight is 626 g/mol. The second kappa shape index (κ2) is 13.7. The molecule has 1 heteroatoms. The second-order valence-corrected chi connectivity index (χ2v) is 12.2. The van der Waals surface area contributed by atoms with E-state index in [0.717, 1.165) is 17.1 Å². The Bertz CT molecular complexity index is 2190. The lowest BCUT2D eigenvalue weighted by atomic mass is 9.89. The van der Waals surface area contributed by atoms with Crippen LogP contribution in [0, 0.1) is 0 Å². The minimum absolute atomic E-state index is 1.10. The predicted octanol–water partition coefficient (Wildman–Crippen LogP) is 13.5. The van der Waals surface area contributed by atoms with E-state index in [1.807, 2.05) is 0 Å². The molecule has 0 spiro atoms. The fourth-order valence-electron chi connectivity index (χ4n) is 6.66. The first-order valence-corrected chi connectivity index (χ1v) is 16.8. The summed E-state index contributed by atoms with van der Waals surface area (Å²) in [7, 11) is 0. The molecule has 0 amide bonds. The molecular weight excluding hydrogens is 591 g/mol. The molecule has 8 rings (SSSR count). The lowest BCUT2D eigenvalue weighted by Crippen LogP contribution is -2.09. The Morgan fingerprint density at radius 1 is 0.184 bits per heavy atom. The molecule has 0 bridgehead atoms. The molecule has 0 unspecified atom stereocenters. The normalized spacial score (nSPS) is 10.9. The van der Waals surface area contributed by atoms with E-state index in [0.29, 0.717) is 0 Å². The van der Waals surface area contributed by atoms with Gasteiger partial charge in [0.15, 0.2) is 0 Å². The van der Waals surface area contributed by atoms with Crippen LogP contribution in [-0.2, 0) is 0 Å². The Balaban J connectivity index is 1.18. The third-order valence-corrected chi connectivity index (χ3v) is 9.13. The van der Waals surface area contributed by atoms with Crippen molar-refractivity contribution in [2.45, 2.75) is 0 Å². The number of nitrogens with zero attached hydrogens (tertiary/aromatic N) is 1. The molecule has 232 valence electrons. The van der Waals surface area contributed by atoms with Crippen LogP contribution in [0.1, 0.15) is 0 Å². The van der Waals surface area contributed by atoms with Gasteiger partial charge in [-0.3, -0.25) is 0 Å². The number of anilines is 3. The SMILES string of the molecule is c1ccc(-c2ccc(N(c3ccc(-c4ccccc4)cc3)c3ccc(-c4ccccc4-c4ccccc4-c4ccccc4)cc3)cc2)cc1. The molecule has 49 heavy (non-hydrogen) atoms. The lowest BCUT2D eigenvalue weighted by Gasteiger charge is -2.26.